The van der Waals surface area contributed by atoms with E-state index in [0.29, 0.717) is 16.7 Å². The molecule has 0 saturated carbocycles. The molecule has 7 heteroatoms. The molecule has 0 aliphatic heterocycles. The molecule has 6 nitrogen and oxygen atoms in total. The molecule has 0 spiro atoms. The van der Waals surface area contributed by atoms with Gasteiger partial charge in [0.1, 0.15) is 5.75 Å². The van der Waals surface area contributed by atoms with Crippen LogP contribution in [0.15, 0.2) is 77.7 Å². The Hall–Kier alpha value is -3.58. The lowest BCUT2D eigenvalue weighted by Crippen LogP contribution is -2.06. The molecule has 0 amide bonds. The Labute approximate surface area is 167 Å². The number of carbonyl (C=O) groups is 1. The fourth-order valence-electron chi connectivity index (χ4n) is 2.68. The molecule has 0 aromatic heterocycles. The van der Waals surface area contributed by atoms with Gasteiger partial charge in [-0.2, -0.15) is 0 Å². The highest BCUT2D eigenvalue weighted by molar-refractivity contribution is 7.90. The van der Waals surface area contributed by atoms with E-state index in [0.717, 1.165) is 0 Å². The zero-order chi connectivity index (χ0) is 21.0. The summed E-state index contributed by atoms with van der Waals surface area (Å²) in [6, 6.07) is 15.8. The number of carbonyl (C=O) groups excluding carboxylic acids is 1. The minimum absolute atomic E-state index is 0.0229. The molecule has 0 radical (unpaired) electrons. The highest BCUT2D eigenvalue weighted by Gasteiger charge is 2.16. The van der Waals surface area contributed by atoms with Crippen LogP contribution in [0.1, 0.15) is 21.5 Å². The van der Waals surface area contributed by atoms with Gasteiger partial charge in [-0.25, -0.2) is 8.42 Å². The van der Waals surface area contributed by atoms with Crippen LogP contribution >= 0.6 is 0 Å². The number of hydrogen-bond donors (Lipinski definition) is 3. The highest BCUT2D eigenvalue weighted by atomic mass is 32.2. The summed E-state index contributed by atoms with van der Waals surface area (Å²) in [5.74, 6) is -1.18. The number of phenols is 3. The number of allylic oxidation sites excluding steroid dienone is 1. The van der Waals surface area contributed by atoms with E-state index in [1.165, 1.54) is 54.6 Å². The maximum atomic E-state index is 12.5. The first kappa shape index (κ1) is 20.2. The van der Waals surface area contributed by atoms with Gasteiger partial charge in [0.05, 0.1) is 10.6 Å². The van der Waals surface area contributed by atoms with E-state index in [4.69, 9.17) is 0 Å². The summed E-state index contributed by atoms with van der Waals surface area (Å²) >= 11 is 0. The standard InChI is InChI=1S/C22H18O6S/c23-18-6-8-19(9-7-18)29(27,28)14-16-2-1-3-17(12-16)20(24)10-4-15-5-11-21(25)22(26)13-15/h1-13,23,25-26H,14H2/b10-4+. The Morgan fingerprint density at radius 2 is 1.59 bits per heavy atom. The first-order valence-electron chi connectivity index (χ1n) is 8.60. The third-order valence-electron chi connectivity index (χ3n) is 4.19. The maximum absolute atomic E-state index is 12.5. The number of hydrogen-bond acceptors (Lipinski definition) is 6. The van der Waals surface area contributed by atoms with Gasteiger partial charge in [-0.05, 0) is 59.7 Å². The van der Waals surface area contributed by atoms with Crippen molar-refractivity contribution in [3.05, 3.63) is 89.5 Å². The molecule has 0 heterocycles. The van der Waals surface area contributed by atoms with Crippen LogP contribution in [0, 0.1) is 0 Å². The summed E-state index contributed by atoms with van der Waals surface area (Å²) in [6.07, 6.45) is 2.79. The monoisotopic (exact) mass is 410 g/mol. The van der Waals surface area contributed by atoms with E-state index in [9.17, 15) is 28.5 Å². The molecule has 0 bridgehead atoms. The number of aromatic hydroxyl groups is 3. The van der Waals surface area contributed by atoms with E-state index in [2.05, 4.69) is 0 Å². The Morgan fingerprint density at radius 1 is 0.862 bits per heavy atom. The van der Waals surface area contributed by atoms with Crippen LogP contribution in [0.4, 0.5) is 0 Å². The summed E-state index contributed by atoms with van der Waals surface area (Å²) < 4.78 is 25.1. The van der Waals surface area contributed by atoms with Crippen molar-refractivity contribution in [2.24, 2.45) is 0 Å². The van der Waals surface area contributed by atoms with Crippen LogP contribution in [-0.2, 0) is 15.6 Å². The predicted molar refractivity (Wildman–Crippen MR) is 109 cm³/mol. The lowest BCUT2D eigenvalue weighted by atomic mass is 10.1. The summed E-state index contributed by atoms with van der Waals surface area (Å²) in [6.45, 7) is 0. The largest absolute Gasteiger partial charge is 0.508 e. The zero-order valence-corrected chi connectivity index (χ0v) is 16.0. The topological polar surface area (TPSA) is 112 Å². The first-order chi connectivity index (χ1) is 13.7. The lowest BCUT2D eigenvalue weighted by Gasteiger charge is -2.06. The SMILES string of the molecule is O=C(/C=C/c1ccc(O)c(O)c1)c1cccc(CS(=O)(=O)c2ccc(O)cc2)c1. The van der Waals surface area contributed by atoms with Crippen molar-refractivity contribution in [1.29, 1.82) is 0 Å². The van der Waals surface area contributed by atoms with Crippen LogP contribution in [-0.4, -0.2) is 29.5 Å². The maximum Gasteiger partial charge on any atom is 0.185 e. The van der Waals surface area contributed by atoms with Crippen molar-refractivity contribution in [3.63, 3.8) is 0 Å². The van der Waals surface area contributed by atoms with Gasteiger partial charge >= 0.3 is 0 Å². The number of rotatable bonds is 6. The molecule has 148 valence electrons. The molecular weight excluding hydrogens is 392 g/mol. The van der Waals surface area contributed by atoms with Crippen molar-refractivity contribution < 1.29 is 28.5 Å². The average Bonchev–Trinajstić information content (AvgIpc) is 2.69. The van der Waals surface area contributed by atoms with Gasteiger partial charge < -0.3 is 15.3 Å². The third-order valence-corrected chi connectivity index (χ3v) is 5.89. The van der Waals surface area contributed by atoms with Gasteiger partial charge in [-0.15, -0.1) is 0 Å². The van der Waals surface area contributed by atoms with Crippen molar-refractivity contribution in [3.8, 4) is 17.2 Å². The van der Waals surface area contributed by atoms with Crippen LogP contribution in [0.3, 0.4) is 0 Å². The third kappa shape index (κ3) is 5.03. The second kappa shape index (κ2) is 8.20. The molecule has 0 atom stereocenters. The molecule has 0 saturated heterocycles. The van der Waals surface area contributed by atoms with Gasteiger partial charge in [0, 0.05) is 5.56 Å². The first-order valence-corrected chi connectivity index (χ1v) is 10.2. The van der Waals surface area contributed by atoms with Crippen LogP contribution in [0.2, 0.25) is 0 Å². The van der Waals surface area contributed by atoms with Gasteiger partial charge in [0.2, 0.25) is 0 Å². The van der Waals surface area contributed by atoms with Crippen LogP contribution < -0.4 is 0 Å². The van der Waals surface area contributed by atoms with Gasteiger partial charge in [-0.1, -0.05) is 30.3 Å². The summed E-state index contributed by atoms with van der Waals surface area (Å²) in [7, 11) is -3.63. The molecule has 0 fully saturated rings. The fraction of sp³-hybridized carbons (Fsp3) is 0.0455. The van der Waals surface area contributed by atoms with Crippen molar-refractivity contribution >= 4 is 21.7 Å². The van der Waals surface area contributed by atoms with Crippen LogP contribution in [0.5, 0.6) is 17.2 Å². The van der Waals surface area contributed by atoms with Crippen molar-refractivity contribution in [2.75, 3.05) is 0 Å². The molecule has 0 aliphatic carbocycles. The molecule has 3 aromatic rings. The van der Waals surface area contributed by atoms with Crippen molar-refractivity contribution in [2.45, 2.75) is 10.6 Å². The van der Waals surface area contributed by atoms with E-state index in [1.54, 1.807) is 24.3 Å². The smallest absolute Gasteiger partial charge is 0.185 e. The molecular formula is C22H18O6S. The van der Waals surface area contributed by atoms with Gasteiger partial charge in [-0.3, -0.25) is 4.79 Å². The summed E-state index contributed by atoms with van der Waals surface area (Å²) in [5.41, 5.74) is 1.31. The van der Waals surface area contributed by atoms with Crippen LogP contribution in [0.25, 0.3) is 6.08 Å². The Morgan fingerprint density at radius 3 is 2.28 bits per heavy atom. The molecule has 3 N–H and O–H groups in total. The van der Waals surface area contributed by atoms with Gasteiger partial charge in [0.25, 0.3) is 0 Å². The number of phenolic OH excluding ortho intramolecular Hbond substituents is 3. The summed E-state index contributed by atoms with van der Waals surface area (Å²) in [4.78, 5) is 12.5. The molecule has 3 rings (SSSR count). The molecule has 0 aliphatic rings. The average molecular weight is 410 g/mol. The number of benzene rings is 3. The molecule has 0 unspecified atom stereocenters. The second-order valence-corrected chi connectivity index (χ2v) is 8.39. The zero-order valence-electron chi connectivity index (χ0n) is 15.2. The summed E-state index contributed by atoms with van der Waals surface area (Å²) in [5, 5.41) is 28.1. The Bertz CT molecular complexity index is 1180. The predicted octanol–water partition coefficient (Wildman–Crippen LogP) is 3.67. The minimum atomic E-state index is -3.63. The minimum Gasteiger partial charge on any atom is -0.508 e. The lowest BCUT2D eigenvalue weighted by molar-refractivity contribution is 0.104. The molecule has 3 aromatic carbocycles. The Kier molecular flexibility index (Phi) is 5.70. The van der Waals surface area contributed by atoms with E-state index in [1.807, 2.05) is 0 Å². The quantitative estimate of drug-likeness (QED) is 0.325. The number of sulfone groups is 1. The second-order valence-electron chi connectivity index (χ2n) is 6.40. The molecule has 29 heavy (non-hydrogen) atoms. The highest BCUT2D eigenvalue weighted by Crippen LogP contribution is 2.25. The van der Waals surface area contributed by atoms with Crippen molar-refractivity contribution in [1.82, 2.24) is 0 Å². The normalized spacial score (nSPS) is 11.6. The fourth-order valence-corrected chi connectivity index (χ4v) is 4.02. The van der Waals surface area contributed by atoms with E-state index >= 15 is 0 Å². The number of ketones is 1. The van der Waals surface area contributed by atoms with Gasteiger partial charge in [0.15, 0.2) is 27.1 Å². The Balaban J connectivity index is 1.78. The van der Waals surface area contributed by atoms with E-state index < -0.39 is 9.84 Å². The van der Waals surface area contributed by atoms with E-state index in [-0.39, 0.29) is 33.7 Å².